The fourth-order valence-corrected chi connectivity index (χ4v) is 3.88. The summed E-state index contributed by atoms with van der Waals surface area (Å²) in [5.41, 5.74) is 3.76. The number of aromatic nitrogens is 1. The standard InChI is InChI=1S/C21H18N2O3S/c1-2-15-8-10-16(11-9-15)21-22-19-14-17(12-13-20(19)26-21)23-27(24,25)18-6-4-3-5-7-18/h3-14,23H,2H2,1H3. The van der Waals surface area contributed by atoms with Gasteiger partial charge in [0, 0.05) is 5.56 Å². The van der Waals surface area contributed by atoms with Crippen molar-refractivity contribution in [3.05, 3.63) is 78.4 Å². The van der Waals surface area contributed by atoms with Crippen LogP contribution in [0.15, 0.2) is 82.1 Å². The van der Waals surface area contributed by atoms with Crippen molar-refractivity contribution < 1.29 is 12.8 Å². The van der Waals surface area contributed by atoms with Gasteiger partial charge in [-0.05, 0) is 54.4 Å². The van der Waals surface area contributed by atoms with Crippen LogP contribution in [0.25, 0.3) is 22.6 Å². The first-order chi connectivity index (χ1) is 13.0. The van der Waals surface area contributed by atoms with Crippen molar-refractivity contribution in [2.45, 2.75) is 18.2 Å². The van der Waals surface area contributed by atoms with Gasteiger partial charge in [-0.1, -0.05) is 37.3 Å². The van der Waals surface area contributed by atoms with Gasteiger partial charge in [0.2, 0.25) is 5.89 Å². The zero-order valence-electron chi connectivity index (χ0n) is 14.7. The number of fused-ring (bicyclic) bond motifs is 1. The van der Waals surface area contributed by atoms with Crippen molar-refractivity contribution in [3.8, 4) is 11.5 Å². The summed E-state index contributed by atoms with van der Waals surface area (Å²) in [7, 11) is -3.64. The highest BCUT2D eigenvalue weighted by Gasteiger charge is 2.15. The Morgan fingerprint density at radius 1 is 0.963 bits per heavy atom. The number of nitrogens with zero attached hydrogens (tertiary/aromatic N) is 1. The van der Waals surface area contributed by atoms with Crippen molar-refractivity contribution in [1.29, 1.82) is 0 Å². The number of aryl methyl sites for hydroxylation is 1. The summed E-state index contributed by atoms with van der Waals surface area (Å²) in [5, 5.41) is 0. The van der Waals surface area contributed by atoms with Crippen molar-refractivity contribution in [1.82, 2.24) is 4.98 Å². The lowest BCUT2D eigenvalue weighted by molar-refractivity contribution is 0.601. The van der Waals surface area contributed by atoms with E-state index in [1.54, 1.807) is 48.5 Å². The first kappa shape index (κ1) is 17.3. The van der Waals surface area contributed by atoms with Crippen LogP contribution in [-0.4, -0.2) is 13.4 Å². The minimum absolute atomic E-state index is 0.210. The molecule has 0 saturated heterocycles. The molecule has 0 aliphatic rings. The van der Waals surface area contributed by atoms with E-state index in [2.05, 4.69) is 16.6 Å². The van der Waals surface area contributed by atoms with Crippen molar-refractivity contribution in [2.24, 2.45) is 0 Å². The smallest absolute Gasteiger partial charge is 0.261 e. The zero-order valence-corrected chi connectivity index (χ0v) is 15.5. The van der Waals surface area contributed by atoms with Crippen molar-refractivity contribution in [2.75, 3.05) is 4.72 Å². The van der Waals surface area contributed by atoms with E-state index in [0.29, 0.717) is 22.7 Å². The maximum absolute atomic E-state index is 12.5. The van der Waals surface area contributed by atoms with Gasteiger partial charge in [-0.3, -0.25) is 4.72 Å². The van der Waals surface area contributed by atoms with Gasteiger partial charge in [0.15, 0.2) is 5.58 Å². The Labute approximate surface area is 157 Å². The lowest BCUT2D eigenvalue weighted by atomic mass is 10.1. The van der Waals surface area contributed by atoms with Crippen LogP contribution in [-0.2, 0) is 16.4 Å². The average Bonchev–Trinajstić information content (AvgIpc) is 3.12. The van der Waals surface area contributed by atoms with Gasteiger partial charge >= 0.3 is 0 Å². The molecule has 0 fully saturated rings. The molecule has 0 spiro atoms. The zero-order chi connectivity index (χ0) is 18.9. The molecule has 1 aromatic heterocycles. The molecule has 5 nitrogen and oxygen atoms in total. The Kier molecular flexibility index (Phi) is 4.41. The van der Waals surface area contributed by atoms with Gasteiger partial charge in [0.1, 0.15) is 5.52 Å². The topological polar surface area (TPSA) is 72.2 Å². The molecule has 0 radical (unpaired) electrons. The van der Waals surface area contributed by atoms with E-state index >= 15 is 0 Å². The molecule has 0 bridgehead atoms. The number of hydrogen-bond donors (Lipinski definition) is 1. The lowest BCUT2D eigenvalue weighted by Gasteiger charge is -2.07. The molecule has 6 heteroatoms. The fourth-order valence-electron chi connectivity index (χ4n) is 2.81. The van der Waals surface area contributed by atoms with E-state index in [0.717, 1.165) is 12.0 Å². The summed E-state index contributed by atoms with van der Waals surface area (Å²) in [5.74, 6) is 0.510. The molecule has 0 aliphatic carbocycles. The number of hydrogen-bond acceptors (Lipinski definition) is 4. The first-order valence-electron chi connectivity index (χ1n) is 8.63. The second-order valence-electron chi connectivity index (χ2n) is 6.17. The molecule has 3 aromatic carbocycles. The van der Waals surface area contributed by atoms with Gasteiger partial charge in [-0.2, -0.15) is 0 Å². The highest BCUT2D eigenvalue weighted by Crippen LogP contribution is 2.27. The Balaban J connectivity index is 1.64. The molecule has 0 unspecified atom stereocenters. The van der Waals surface area contributed by atoms with Crippen LogP contribution in [0.4, 0.5) is 5.69 Å². The second kappa shape index (κ2) is 6.89. The highest BCUT2D eigenvalue weighted by atomic mass is 32.2. The average molecular weight is 378 g/mol. The molecule has 27 heavy (non-hydrogen) atoms. The molecule has 0 atom stereocenters. The third-order valence-electron chi connectivity index (χ3n) is 4.30. The van der Waals surface area contributed by atoms with Gasteiger partial charge in [-0.25, -0.2) is 13.4 Å². The summed E-state index contributed by atoms with van der Waals surface area (Å²) >= 11 is 0. The van der Waals surface area contributed by atoms with Gasteiger partial charge in [0.05, 0.1) is 10.6 Å². The monoisotopic (exact) mass is 378 g/mol. The Bertz CT molecular complexity index is 1180. The molecule has 1 N–H and O–H groups in total. The molecular weight excluding hydrogens is 360 g/mol. The van der Waals surface area contributed by atoms with Crippen LogP contribution < -0.4 is 4.72 Å². The number of sulfonamides is 1. The largest absolute Gasteiger partial charge is 0.436 e. The van der Waals surface area contributed by atoms with Gasteiger partial charge in [-0.15, -0.1) is 0 Å². The van der Waals surface area contributed by atoms with Gasteiger partial charge in [0.25, 0.3) is 10.0 Å². The van der Waals surface area contributed by atoms with Gasteiger partial charge < -0.3 is 4.42 Å². The summed E-state index contributed by atoms with van der Waals surface area (Å²) in [6, 6.07) is 21.3. The van der Waals surface area contributed by atoms with Crippen LogP contribution in [0.2, 0.25) is 0 Å². The fraction of sp³-hybridized carbons (Fsp3) is 0.0952. The van der Waals surface area contributed by atoms with Crippen LogP contribution in [0.1, 0.15) is 12.5 Å². The SMILES string of the molecule is CCc1ccc(-c2nc3cc(NS(=O)(=O)c4ccccc4)ccc3o2)cc1. The van der Waals surface area contributed by atoms with Crippen molar-refractivity contribution in [3.63, 3.8) is 0 Å². The first-order valence-corrected chi connectivity index (χ1v) is 10.1. The third-order valence-corrected chi connectivity index (χ3v) is 5.70. The third kappa shape index (κ3) is 3.57. The molecule has 0 saturated carbocycles. The summed E-state index contributed by atoms with van der Waals surface area (Å²) in [6.07, 6.45) is 0.971. The van der Waals surface area contributed by atoms with Crippen molar-refractivity contribution >= 4 is 26.8 Å². The quantitative estimate of drug-likeness (QED) is 0.538. The van der Waals surface area contributed by atoms with E-state index in [-0.39, 0.29) is 4.90 Å². The molecule has 136 valence electrons. The molecule has 0 aliphatic heterocycles. The van der Waals surface area contributed by atoms with Crippen LogP contribution >= 0.6 is 0 Å². The van der Waals surface area contributed by atoms with E-state index in [1.165, 1.54) is 5.56 Å². The highest BCUT2D eigenvalue weighted by molar-refractivity contribution is 7.92. The molecular formula is C21H18N2O3S. The number of benzene rings is 3. The molecule has 4 aromatic rings. The lowest BCUT2D eigenvalue weighted by Crippen LogP contribution is -2.12. The second-order valence-corrected chi connectivity index (χ2v) is 7.85. The van der Waals surface area contributed by atoms with E-state index in [1.807, 2.05) is 24.3 Å². The maximum Gasteiger partial charge on any atom is 0.261 e. The number of anilines is 1. The summed E-state index contributed by atoms with van der Waals surface area (Å²) < 4.78 is 33.3. The molecule has 1 heterocycles. The predicted octanol–water partition coefficient (Wildman–Crippen LogP) is 4.86. The van der Waals surface area contributed by atoms with E-state index in [4.69, 9.17) is 4.42 Å². The van der Waals surface area contributed by atoms with E-state index in [9.17, 15) is 8.42 Å². The Morgan fingerprint density at radius 2 is 1.70 bits per heavy atom. The number of oxazole rings is 1. The Hall–Kier alpha value is -3.12. The van der Waals surface area contributed by atoms with Crippen LogP contribution in [0, 0.1) is 0 Å². The predicted molar refractivity (Wildman–Crippen MR) is 106 cm³/mol. The minimum Gasteiger partial charge on any atom is -0.436 e. The minimum atomic E-state index is -3.64. The molecule has 4 rings (SSSR count). The van der Waals surface area contributed by atoms with Crippen LogP contribution in [0.5, 0.6) is 0 Å². The number of nitrogens with one attached hydrogen (secondary N) is 1. The summed E-state index contributed by atoms with van der Waals surface area (Å²) in [6.45, 7) is 2.10. The Morgan fingerprint density at radius 3 is 2.41 bits per heavy atom. The summed E-state index contributed by atoms with van der Waals surface area (Å²) in [4.78, 5) is 4.71. The maximum atomic E-state index is 12.5. The van der Waals surface area contributed by atoms with Crippen LogP contribution in [0.3, 0.4) is 0 Å². The van der Waals surface area contributed by atoms with E-state index < -0.39 is 10.0 Å². The normalized spacial score (nSPS) is 11.6. The molecule has 0 amide bonds. The number of rotatable bonds is 5.